The van der Waals surface area contributed by atoms with Gasteiger partial charge in [-0.05, 0) is 24.1 Å². The minimum Gasteiger partial charge on any atom is -0.473 e. The van der Waals surface area contributed by atoms with Gasteiger partial charge in [0.2, 0.25) is 11.8 Å². The van der Waals surface area contributed by atoms with Crippen LogP contribution in [0, 0.1) is 11.8 Å². The maximum atomic E-state index is 13.1. The van der Waals surface area contributed by atoms with Crippen molar-refractivity contribution in [2.75, 3.05) is 13.1 Å². The van der Waals surface area contributed by atoms with Crippen molar-refractivity contribution in [3.05, 3.63) is 54.0 Å². The van der Waals surface area contributed by atoms with Gasteiger partial charge in [0.15, 0.2) is 0 Å². The maximum Gasteiger partial charge on any atom is 0.216 e. The first-order valence-corrected chi connectivity index (χ1v) is 6.80. The third-order valence-corrected chi connectivity index (χ3v) is 3.37. The molecule has 21 heavy (non-hydrogen) atoms. The SMILES string of the molecule is Fc1cncc(CN2CCC(Oc3cccc(F)n3)C2)c1. The third-order valence-electron chi connectivity index (χ3n) is 3.37. The minimum absolute atomic E-state index is 0.0270. The average Bonchev–Trinajstić information content (AvgIpc) is 2.86. The van der Waals surface area contributed by atoms with Crippen molar-refractivity contribution in [2.45, 2.75) is 19.1 Å². The fourth-order valence-corrected chi connectivity index (χ4v) is 2.46. The smallest absolute Gasteiger partial charge is 0.216 e. The molecule has 110 valence electrons. The quantitative estimate of drug-likeness (QED) is 0.811. The number of hydrogen-bond donors (Lipinski definition) is 0. The summed E-state index contributed by atoms with van der Waals surface area (Å²) in [4.78, 5) is 9.68. The van der Waals surface area contributed by atoms with Crippen LogP contribution < -0.4 is 4.74 Å². The molecule has 0 bridgehead atoms. The number of likely N-dealkylation sites (tertiary alicyclic amines) is 1. The monoisotopic (exact) mass is 291 g/mol. The normalized spacial score (nSPS) is 18.9. The molecule has 0 aliphatic carbocycles. The number of halogens is 2. The summed E-state index contributed by atoms with van der Waals surface area (Å²) in [6.45, 7) is 2.17. The predicted octanol–water partition coefficient (Wildman–Crippen LogP) is 2.41. The summed E-state index contributed by atoms with van der Waals surface area (Å²) in [7, 11) is 0. The van der Waals surface area contributed by atoms with Crippen LogP contribution in [0.1, 0.15) is 12.0 Å². The highest BCUT2D eigenvalue weighted by atomic mass is 19.1. The van der Waals surface area contributed by atoms with E-state index in [9.17, 15) is 8.78 Å². The zero-order chi connectivity index (χ0) is 14.7. The van der Waals surface area contributed by atoms with Crippen LogP contribution in [0.25, 0.3) is 0 Å². The Labute approximate surface area is 121 Å². The van der Waals surface area contributed by atoms with E-state index in [1.165, 1.54) is 18.3 Å². The highest BCUT2D eigenvalue weighted by molar-refractivity contribution is 5.12. The van der Waals surface area contributed by atoms with Crippen LogP contribution in [-0.2, 0) is 6.54 Å². The summed E-state index contributed by atoms with van der Waals surface area (Å²) < 4.78 is 31.8. The molecule has 1 atom stereocenters. The Morgan fingerprint density at radius 3 is 3.00 bits per heavy atom. The first-order valence-electron chi connectivity index (χ1n) is 6.80. The number of pyridine rings is 2. The largest absolute Gasteiger partial charge is 0.473 e. The van der Waals surface area contributed by atoms with E-state index in [1.54, 1.807) is 18.3 Å². The fraction of sp³-hybridized carbons (Fsp3) is 0.333. The van der Waals surface area contributed by atoms with Crippen molar-refractivity contribution in [1.29, 1.82) is 0 Å². The van der Waals surface area contributed by atoms with Gasteiger partial charge in [-0.3, -0.25) is 9.88 Å². The van der Waals surface area contributed by atoms with Crippen LogP contribution in [0.5, 0.6) is 5.88 Å². The second-order valence-corrected chi connectivity index (χ2v) is 5.07. The molecule has 1 unspecified atom stereocenters. The Balaban J connectivity index is 1.56. The number of aromatic nitrogens is 2. The molecule has 0 saturated carbocycles. The molecule has 6 heteroatoms. The lowest BCUT2D eigenvalue weighted by molar-refractivity contribution is 0.189. The molecule has 0 radical (unpaired) electrons. The van der Waals surface area contributed by atoms with Crippen LogP contribution in [0.15, 0.2) is 36.7 Å². The van der Waals surface area contributed by atoms with Gasteiger partial charge in [-0.15, -0.1) is 0 Å². The molecule has 2 aromatic rings. The first kappa shape index (κ1) is 13.9. The summed E-state index contributed by atoms with van der Waals surface area (Å²) in [5, 5.41) is 0. The first-order chi connectivity index (χ1) is 10.2. The van der Waals surface area contributed by atoms with Crippen molar-refractivity contribution < 1.29 is 13.5 Å². The second-order valence-electron chi connectivity index (χ2n) is 5.07. The van der Waals surface area contributed by atoms with Gasteiger partial charge in [-0.25, -0.2) is 4.39 Å². The zero-order valence-corrected chi connectivity index (χ0v) is 11.4. The Morgan fingerprint density at radius 1 is 1.29 bits per heavy atom. The van der Waals surface area contributed by atoms with Crippen molar-refractivity contribution >= 4 is 0 Å². The molecule has 0 aromatic carbocycles. The van der Waals surface area contributed by atoms with Gasteiger partial charge in [0.05, 0.1) is 6.20 Å². The van der Waals surface area contributed by atoms with Gasteiger partial charge in [0.1, 0.15) is 11.9 Å². The third kappa shape index (κ3) is 3.72. The van der Waals surface area contributed by atoms with E-state index in [0.29, 0.717) is 19.0 Å². The molecule has 3 rings (SSSR count). The molecule has 0 amide bonds. The molecule has 3 heterocycles. The lowest BCUT2D eigenvalue weighted by Crippen LogP contribution is -2.25. The molecule has 0 N–H and O–H groups in total. The zero-order valence-electron chi connectivity index (χ0n) is 11.4. The highest BCUT2D eigenvalue weighted by Gasteiger charge is 2.24. The van der Waals surface area contributed by atoms with Crippen LogP contribution in [-0.4, -0.2) is 34.1 Å². The lowest BCUT2D eigenvalue weighted by Gasteiger charge is -2.16. The van der Waals surface area contributed by atoms with Crippen molar-refractivity contribution in [3.8, 4) is 5.88 Å². The number of rotatable bonds is 4. The molecular formula is C15H15F2N3O. The van der Waals surface area contributed by atoms with E-state index >= 15 is 0 Å². The van der Waals surface area contributed by atoms with Gasteiger partial charge in [-0.2, -0.15) is 9.37 Å². The summed E-state index contributed by atoms with van der Waals surface area (Å²) in [5.41, 5.74) is 0.833. The van der Waals surface area contributed by atoms with E-state index in [2.05, 4.69) is 14.9 Å². The number of ether oxygens (including phenoxy) is 1. The van der Waals surface area contributed by atoms with Crippen LogP contribution in [0.4, 0.5) is 8.78 Å². The molecular weight excluding hydrogens is 276 g/mol. The Bertz CT molecular complexity index is 570. The fourth-order valence-electron chi connectivity index (χ4n) is 2.46. The Kier molecular flexibility index (Phi) is 4.06. The molecule has 0 spiro atoms. The second kappa shape index (κ2) is 6.13. The van der Waals surface area contributed by atoms with E-state index < -0.39 is 5.95 Å². The van der Waals surface area contributed by atoms with Crippen molar-refractivity contribution in [1.82, 2.24) is 14.9 Å². The standard InChI is InChI=1S/C15H15F2N3O/c16-12-6-11(7-18-8-12)9-20-5-4-13(10-20)21-15-3-1-2-14(17)19-15/h1-3,6-8,13H,4-5,9-10H2. The minimum atomic E-state index is -0.548. The van der Waals surface area contributed by atoms with E-state index in [1.807, 2.05) is 0 Å². The van der Waals surface area contributed by atoms with Gasteiger partial charge >= 0.3 is 0 Å². The molecule has 1 fully saturated rings. The van der Waals surface area contributed by atoms with Gasteiger partial charge in [0.25, 0.3) is 0 Å². The summed E-state index contributed by atoms with van der Waals surface area (Å²) >= 11 is 0. The van der Waals surface area contributed by atoms with Gasteiger partial charge in [-0.1, -0.05) is 6.07 Å². The molecule has 2 aromatic heterocycles. The Morgan fingerprint density at radius 2 is 2.19 bits per heavy atom. The van der Waals surface area contributed by atoms with Crippen molar-refractivity contribution in [2.24, 2.45) is 0 Å². The number of hydrogen-bond acceptors (Lipinski definition) is 4. The predicted molar refractivity (Wildman–Crippen MR) is 72.7 cm³/mol. The average molecular weight is 291 g/mol. The summed E-state index contributed by atoms with van der Waals surface area (Å²) in [6.07, 6.45) is 3.65. The molecule has 4 nitrogen and oxygen atoms in total. The highest BCUT2D eigenvalue weighted by Crippen LogP contribution is 2.18. The van der Waals surface area contributed by atoms with Crippen LogP contribution in [0.3, 0.4) is 0 Å². The molecule has 1 aliphatic heterocycles. The van der Waals surface area contributed by atoms with E-state index in [-0.39, 0.29) is 11.9 Å². The molecule has 1 aliphatic rings. The van der Waals surface area contributed by atoms with Crippen molar-refractivity contribution in [3.63, 3.8) is 0 Å². The van der Waals surface area contributed by atoms with Crippen LogP contribution in [0.2, 0.25) is 0 Å². The molecule has 1 saturated heterocycles. The van der Waals surface area contributed by atoms with E-state index in [0.717, 1.165) is 18.5 Å². The van der Waals surface area contributed by atoms with Gasteiger partial charge < -0.3 is 4.74 Å². The Hall–Kier alpha value is -2.08. The summed E-state index contributed by atoms with van der Waals surface area (Å²) in [6, 6.07) is 5.98. The maximum absolute atomic E-state index is 13.1. The van der Waals surface area contributed by atoms with E-state index in [4.69, 9.17) is 4.74 Å². The lowest BCUT2D eigenvalue weighted by atomic mass is 10.2. The number of nitrogens with zero attached hydrogens (tertiary/aromatic N) is 3. The summed E-state index contributed by atoms with van der Waals surface area (Å²) in [5.74, 6) is -0.578. The topological polar surface area (TPSA) is 38.2 Å². The van der Waals surface area contributed by atoms with Crippen LogP contribution >= 0.6 is 0 Å². The van der Waals surface area contributed by atoms with Gasteiger partial charge in [0, 0.05) is 31.9 Å².